The number of rotatable bonds is 3. The van der Waals surface area contributed by atoms with E-state index in [0.717, 1.165) is 21.1 Å². The second-order valence-corrected chi connectivity index (χ2v) is 5.54. The molecule has 6 nitrogen and oxygen atoms in total. The van der Waals surface area contributed by atoms with Gasteiger partial charge in [-0.3, -0.25) is 4.79 Å². The van der Waals surface area contributed by atoms with Gasteiger partial charge < -0.3 is 4.90 Å². The molecule has 0 fully saturated rings. The maximum Gasteiger partial charge on any atom is 0.234 e. The quantitative estimate of drug-likeness (QED) is 0.732. The molecule has 1 aromatic carbocycles. The fraction of sp³-hybridized carbons (Fsp3) is 0.231. The molecule has 1 amide bonds. The lowest BCUT2D eigenvalue weighted by atomic mass is 10.0. The number of benzene rings is 1. The Kier molecular flexibility index (Phi) is 3.19. The summed E-state index contributed by atoms with van der Waals surface area (Å²) >= 11 is 1.46. The molecule has 7 heteroatoms. The fourth-order valence-electron chi connectivity index (χ4n) is 1.87. The zero-order valence-electron chi connectivity index (χ0n) is 11.1. The van der Waals surface area contributed by atoms with Crippen LogP contribution < -0.4 is 0 Å². The summed E-state index contributed by atoms with van der Waals surface area (Å²) < 4.78 is 1.64. The first-order chi connectivity index (χ1) is 9.65. The van der Waals surface area contributed by atoms with Crippen LogP contribution in [0.5, 0.6) is 0 Å². The summed E-state index contributed by atoms with van der Waals surface area (Å²) in [7, 11) is 3.52. The highest BCUT2D eigenvalue weighted by Crippen LogP contribution is 2.28. The summed E-state index contributed by atoms with van der Waals surface area (Å²) in [6.45, 7) is 0. The number of nitrogens with zero attached hydrogens (tertiary/aromatic N) is 5. The number of carbonyl (C=O) groups excluding carboxylic acids is 1. The third-order valence-electron chi connectivity index (χ3n) is 2.98. The molecule has 0 saturated heterocycles. The molecule has 3 rings (SSSR count). The van der Waals surface area contributed by atoms with Crippen molar-refractivity contribution in [2.24, 2.45) is 0 Å². The fourth-order valence-corrected chi connectivity index (χ4v) is 2.75. The van der Waals surface area contributed by atoms with Gasteiger partial charge in [0, 0.05) is 19.7 Å². The number of hydrogen-bond acceptors (Lipinski definition) is 5. The Balaban J connectivity index is 2.01. The van der Waals surface area contributed by atoms with Crippen LogP contribution >= 0.6 is 11.3 Å². The van der Waals surface area contributed by atoms with Crippen molar-refractivity contribution in [2.45, 2.75) is 6.42 Å². The zero-order valence-corrected chi connectivity index (χ0v) is 12.0. The van der Waals surface area contributed by atoms with Crippen LogP contribution in [0, 0.1) is 0 Å². The Labute approximate surface area is 119 Å². The standard InChI is InChI=1S/C13H13N5OS/c1-17(2)11(19)7-9-5-3-4-6-10(9)12-16-18-8-14-15-13(18)20-12/h3-6,8H,7H2,1-2H3. The van der Waals surface area contributed by atoms with Gasteiger partial charge in [0.25, 0.3) is 0 Å². The molecule has 0 spiro atoms. The first kappa shape index (κ1) is 12.7. The molecular weight excluding hydrogens is 274 g/mol. The molecule has 0 N–H and O–H groups in total. The van der Waals surface area contributed by atoms with Crippen LogP contribution in [0.2, 0.25) is 0 Å². The minimum atomic E-state index is 0.0699. The second-order valence-electron chi connectivity index (χ2n) is 4.59. The van der Waals surface area contributed by atoms with Gasteiger partial charge in [0.05, 0.1) is 6.42 Å². The summed E-state index contributed by atoms with van der Waals surface area (Å²) in [4.78, 5) is 14.2. The van der Waals surface area contributed by atoms with Gasteiger partial charge in [-0.1, -0.05) is 35.6 Å². The van der Waals surface area contributed by atoms with Gasteiger partial charge >= 0.3 is 0 Å². The molecule has 0 radical (unpaired) electrons. The zero-order chi connectivity index (χ0) is 14.1. The Hall–Kier alpha value is -2.28. The molecule has 0 aliphatic heterocycles. The molecule has 0 aliphatic carbocycles. The maximum atomic E-state index is 11.9. The van der Waals surface area contributed by atoms with Crippen molar-refractivity contribution in [1.82, 2.24) is 24.7 Å². The molecule has 2 heterocycles. The van der Waals surface area contributed by atoms with Crippen molar-refractivity contribution in [2.75, 3.05) is 14.1 Å². The third kappa shape index (κ3) is 2.27. The summed E-state index contributed by atoms with van der Waals surface area (Å²) in [5.41, 5.74) is 1.94. The van der Waals surface area contributed by atoms with E-state index in [-0.39, 0.29) is 5.91 Å². The van der Waals surface area contributed by atoms with Crippen LogP contribution in [0.15, 0.2) is 30.6 Å². The molecule has 0 aliphatic rings. The molecule has 0 unspecified atom stereocenters. The van der Waals surface area contributed by atoms with Gasteiger partial charge in [-0.2, -0.15) is 9.61 Å². The van der Waals surface area contributed by atoms with Crippen LogP contribution in [0.4, 0.5) is 0 Å². The van der Waals surface area contributed by atoms with Crippen LogP contribution in [0.3, 0.4) is 0 Å². The van der Waals surface area contributed by atoms with Gasteiger partial charge in [-0.15, -0.1) is 10.2 Å². The van der Waals surface area contributed by atoms with Crippen LogP contribution in [-0.4, -0.2) is 44.7 Å². The van der Waals surface area contributed by atoms with Gasteiger partial charge in [0.1, 0.15) is 11.3 Å². The summed E-state index contributed by atoms with van der Waals surface area (Å²) in [6.07, 6.45) is 1.94. The second kappa shape index (κ2) is 5.01. The monoisotopic (exact) mass is 287 g/mol. The van der Waals surface area contributed by atoms with Crippen LogP contribution in [0.1, 0.15) is 5.56 Å². The predicted molar refractivity (Wildman–Crippen MR) is 76.5 cm³/mol. The average Bonchev–Trinajstić information content (AvgIpc) is 3.00. The molecule has 0 saturated carbocycles. The Morgan fingerprint density at radius 3 is 2.90 bits per heavy atom. The topological polar surface area (TPSA) is 63.4 Å². The number of amides is 1. The number of carbonyl (C=O) groups is 1. The molecule has 102 valence electrons. The average molecular weight is 287 g/mol. The van der Waals surface area contributed by atoms with Crippen LogP contribution in [0.25, 0.3) is 15.5 Å². The molecular formula is C13H13N5OS. The van der Waals surface area contributed by atoms with Gasteiger partial charge in [-0.25, -0.2) is 0 Å². The van der Waals surface area contributed by atoms with Crippen molar-refractivity contribution >= 4 is 22.2 Å². The van der Waals surface area contributed by atoms with Crippen molar-refractivity contribution in [3.8, 4) is 10.6 Å². The van der Waals surface area contributed by atoms with E-state index in [4.69, 9.17) is 0 Å². The summed E-state index contributed by atoms with van der Waals surface area (Å²) in [5.74, 6) is 0.0699. The lowest BCUT2D eigenvalue weighted by Crippen LogP contribution is -2.23. The van der Waals surface area contributed by atoms with Crippen molar-refractivity contribution < 1.29 is 4.79 Å². The van der Waals surface area contributed by atoms with E-state index in [0.29, 0.717) is 6.42 Å². The molecule has 0 bridgehead atoms. The van der Waals surface area contributed by atoms with Gasteiger partial charge in [-0.05, 0) is 5.56 Å². The number of hydrogen-bond donors (Lipinski definition) is 0. The maximum absolute atomic E-state index is 11.9. The van der Waals surface area contributed by atoms with E-state index in [9.17, 15) is 4.79 Å². The smallest absolute Gasteiger partial charge is 0.234 e. The van der Waals surface area contributed by atoms with Crippen molar-refractivity contribution in [1.29, 1.82) is 0 Å². The molecule has 3 aromatic rings. The van der Waals surface area contributed by atoms with Gasteiger partial charge in [0.15, 0.2) is 0 Å². The van der Waals surface area contributed by atoms with E-state index < -0.39 is 0 Å². The van der Waals surface area contributed by atoms with E-state index >= 15 is 0 Å². The lowest BCUT2D eigenvalue weighted by molar-refractivity contribution is -0.127. The first-order valence-corrected chi connectivity index (χ1v) is 6.92. The van der Waals surface area contributed by atoms with E-state index in [1.54, 1.807) is 29.8 Å². The summed E-state index contributed by atoms with van der Waals surface area (Å²) in [5, 5.41) is 13.1. The first-order valence-electron chi connectivity index (χ1n) is 6.10. The predicted octanol–water partition coefficient (Wildman–Crippen LogP) is 1.48. The van der Waals surface area contributed by atoms with Gasteiger partial charge in [0.2, 0.25) is 10.9 Å². The number of aromatic nitrogens is 4. The van der Waals surface area contributed by atoms with Crippen molar-refractivity contribution in [3.63, 3.8) is 0 Å². The highest BCUT2D eigenvalue weighted by atomic mass is 32.1. The van der Waals surface area contributed by atoms with E-state index in [1.165, 1.54) is 11.3 Å². The Morgan fingerprint density at radius 1 is 1.35 bits per heavy atom. The Morgan fingerprint density at radius 2 is 2.15 bits per heavy atom. The lowest BCUT2D eigenvalue weighted by Gasteiger charge is -2.11. The molecule has 20 heavy (non-hydrogen) atoms. The minimum absolute atomic E-state index is 0.0699. The molecule has 2 aromatic heterocycles. The number of fused-ring (bicyclic) bond motifs is 1. The van der Waals surface area contributed by atoms with Crippen LogP contribution in [-0.2, 0) is 11.2 Å². The third-order valence-corrected chi connectivity index (χ3v) is 3.92. The normalized spacial score (nSPS) is 10.9. The highest BCUT2D eigenvalue weighted by Gasteiger charge is 2.14. The minimum Gasteiger partial charge on any atom is -0.349 e. The highest BCUT2D eigenvalue weighted by molar-refractivity contribution is 7.19. The van der Waals surface area contributed by atoms with Crippen molar-refractivity contribution in [3.05, 3.63) is 36.2 Å². The summed E-state index contributed by atoms with van der Waals surface area (Å²) in [6, 6.07) is 7.81. The van der Waals surface area contributed by atoms with E-state index in [1.807, 2.05) is 24.3 Å². The number of likely N-dealkylation sites (N-methyl/N-ethyl adjacent to an activating group) is 1. The Bertz CT molecular complexity index is 732. The SMILES string of the molecule is CN(C)C(=O)Cc1ccccc1-c1nn2cnnc2s1. The van der Waals surface area contributed by atoms with E-state index in [2.05, 4.69) is 15.3 Å². The molecule has 0 atom stereocenters. The largest absolute Gasteiger partial charge is 0.349 e.